The molecule has 0 aromatic heterocycles. The molecule has 1 heterocycles. The van der Waals surface area contributed by atoms with Crippen molar-refractivity contribution in [3.05, 3.63) is 0 Å². The van der Waals surface area contributed by atoms with Crippen LogP contribution in [0.5, 0.6) is 0 Å². The van der Waals surface area contributed by atoms with Crippen LogP contribution in [-0.4, -0.2) is 43.0 Å². The number of rotatable bonds is 2. The second-order valence-electron chi connectivity index (χ2n) is 3.55. The van der Waals surface area contributed by atoms with E-state index in [1.165, 1.54) is 0 Å². The molecule has 4 nitrogen and oxygen atoms in total. The molecular formula is C8H17N3O. The van der Waals surface area contributed by atoms with E-state index in [0.29, 0.717) is 6.04 Å². The Hall–Kier alpha value is -0.610. The first-order valence-electron chi connectivity index (χ1n) is 4.34. The molecule has 1 aliphatic heterocycles. The summed E-state index contributed by atoms with van der Waals surface area (Å²) in [6.45, 7) is 3.70. The molecule has 0 saturated carbocycles. The lowest BCUT2D eigenvalue weighted by Gasteiger charge is -2.14. The number of hydrogen-bond acceptors (Lipinski definition) is 3. The first-order valence-corrected chi connectivity index (χ1v) is 4.34. The summed E-state index contributed by atoms with van der Waals surface area (Å²) in [5, 5.41) is 2.90. The summed E-state index contributed by atoms with van der Waals surface area (Å²) >= 11 is 0. The van der Waals surface area contributed by atoms with Crippen molar-refractivity contribution >= 4 is 5.91 Å². The minimum atomic E-state index is -0.393. The van der Waals surface area contributed by atoms with Gasteiger partial charge in [-0.25, -0.2) is 0 Å². The Morgan fingerprint density at radius 3 is 2.83 bits per heavy atom. The van der Waals surface area contributed by atoms with E-state index in [2.05, 4.69) is 17.3 Å². The van der Waals surface area contributed by atoms with Gasteiger partial charge in [0.2, 0.25) is 5.91 Å². The van der Waals surface area contributed by atoms with Crippen LogP contribution in [0.3, 0.4) is 0 Å². The third-order valence-corrected chi connectivity index (χ3v) is 2.15. The highest BCUT2D eigenvalue weighted by molar-refractivity contribution is 5.81. The van der Waals surface area contributed by atoms with Crippen molar-refractivity contribution in [3.8, 4) is 0 Å². The summed E-state index contributed by atoms with van der Waals surface area (Å²) < 4.78 is 0. The van der Waals surface area contributed by atoms with Crippen molar-refractivity contribution in [2.45, 2.75) is 25.4 Å². The van der Waals surface area contributed by atoms with Crippen LogP contribution in [0, 0.1) is 0 Å². The fourth-order valence-electron chi connectivity index (χ4n) is 1.39. The molecule has 0 bridgehead atoms. The topological polar surface area (TPSA) is 58.4 Å². The van der Waals surface area contributed by atoms with Gasteiger partial charge in [0.1, 0.15) is 0 Å². The maximum Gasteiger partial charge on any atom is 0.236 e. The molecule has 1 saturated heterocycles. The number of hydrogen-bond donors (Lipinski definition) is 2. The molecule has 12 heavy (non-hydrogen) atoms. The lowest BCUT2D eigenvalue weighted by Crippen LogP contribution is -2.44. The molecule has 1 rings (SSSR count). The molecular weight excluding hydrogens is 154 g/mol. The molecule has 1 aliphatic rings. The summed E-state index contributed by atoms with van der Waals surface area (Å²) in [5.41, 5.74) is 5.42. The smallest absolute Gasteiger partial charge is 0.236 e. The third kappa shape index (κ3) is 2.46. The number of likely N-dealkylation sites (tertiary alicyclic amines) is 1. The number of carbonyl (C=O) groups excluding carboxylic acids is 1. The summed E-state index contributed by atoms with van der Waals surface area (Å²) in [7, 11) is 2.05. The number of nitrogens with zero attached hydrogens (tertiary/aromatic N) is 1. The van der Waals surface area contributed by atoms with Crippen LogP contribution in [0.25, 0.3) is 0 Å². The molecule has 0 radical (unpaired) electrons. The molecule has 0 aliphatic carbocycles. The average Bonchev–Trinajstić information content (AvgIpc) is 2.35. The molecule has 1 amide bonds. The van der Waals surface area contributed by atoms with Crippen LogP contribution < -0.4 is 11.1 Å². The SMILES string of the molecule is C[C@H](N)C(=O)NC1CCN(C)C1. The van der Waals surface area contributed by atoms with Crippen LogP contribution >= 0.6 is 0 Å². The first-order chi connectivity index (χ1) is 5.59. The molecule has 2 atom stereocenters. The minimum absolute atomic E-state index is 0.0460. The first kappa shape index (κ1) is 9.48. The van der Waals surface area contributed by atoms with Gasteiger partial charge in [-0.05, 0) is 26.9 Å². The van der Waals surface area contributed by atoms with E-state index in [1.807, 2.05) is 0 Å². The second kappa shape index (κ2) is 3.87. The molecule has 70 valence electrons. The number of amides is 1. The number of nitrogens with two attached hydrogens (primary N) is 1. The third-order valence-electron chi connectivity index (χ3n) is 2.15. The minimum Gasteiger partial charge on any atom is -0.351 e. The summed E-state index contributed by atoms with van der Waals surface area (Å²) in [4.78, 5) is 13.4. The second-order valence-corrected chi connectivity index (χ2v) is 3.55. The van der Waals surface area contributed by atoms with Gasteiger partial charge in [0.05, 0.1) is 6.04 Å². The van der Waals surface area contributed by atoms with Crippen LogP contribution in [0.15, 0.2) is 0 Å². The van der Waals surface area contributed by atoms with Crippen LogP contribution in [0.1, 0.15) is 13.3 Å². The maximum atomic E-state index is 11.2. The molecule has 0 aromatic rings. The van der Waals surface area contributed by atoms with Crippen molar-refractivity contribution in [3.63, 3.8) is 0 Å². The van der Waals surface area contributed by atoms with Gasteiger partial charge in [0.25, 0.3) is 0 Å². The molecule has 1 fully saturated rings. The van der Waals surface area contributed by atoms with E-state index >= 15 is 0 Å². The molecule has 4 heteroatoms. The molecule has 0 aromatic carbocycles. The number of carbonyl (C=O) groups is 1. The molecule has 1 unspecified atom stereocenters. The van der Waals surface area contributed by atoms with Gasteiger partial charge in [0, 0.05) is 12.6 Å². The Labute approximate surface area is 73.1 Å². The fraction of sp³-hybridized carbons (Fsp3) is 0.875. The van der Waals surface area contributed by atoms with Crippen LogP contribution in [-0.2, 0) is 4.79 Å². The Morgan fingerprint density at radius 1 is 1.75 bits per heavy atom. The summed E-state index contributed by atoms with van der Waals surface area (Å²) in [5.74, 6) is -0.0460. The quantitative estimate of drug-likeness (QED) is 0.569. The van der Waals surface area contributed by atoms with Gasteiger partial charge in [0.15, 0.2) is 0 Å². The van der Waals surface area contributed by atoms with Crippen molar-refractivity contribution in [2.24, 2.45) is 5.73 Å². The van der Waals surface area contributed by atoms with Crippen molar-refractivity contribution in [2.75, 3.05) is 20.1 Å². The van der Waals surface area contributed by atoms with E-state index in [1.54, 1.807) is 6.92 Å². The van der Waals surface area contributed by atoms with Crippen LogP contribution in [0.2, 0.25) is 0 Å². The zero-order chi connectivity index (χ0) is 9.14. The van der Waals surface area contributed by atoms with E-state index in [4.69, 9.17) is 5.73 Å². The standard InChI is InChI=1S/C8H17N3O/c1-6(9)8(12)10-7-3-4-11(2)5-7/h6-7H,3-5,9H2,1-2H3,(H,10,12)/t6-,7?/m0/s1. The van der Waals surface area contributed by atoms with Gasteiger partial charge >= 0.3 is 0 Å². The summed E-state index contributed by atoms with van der Waals surface area (Å²) in [6.07, 6.45) is 1.04. The van der Waals surface area contributed by atoms with Gasteiger partial charge in [-0.2, -0.15) is 0 Å². The monoisotopic (exact) mass is 171 g/mol. The fourth-order valence-corrected chi connectivity index (χ4v) is 1.39. The van der Waals surface area contributed by atoms with Gasteiger partial charge in [-0.1, -0.05) is 0 Å². The lowest BCUT2D eigenvalue weighted by molar-refractivity contribution is -0.122. The number of likely N-dealkylation sites (N-methyl/N-ethyl adjacent to an activating group) is 1. The highest BCUT2D eigenvalue weighted by Gasteiger charge is 2.21. The zero-order valence-corrected chi connectivity index (χ0v) is 7.71. The molecule has 3 N–H and O–H groups in total. The van der Waals surface area contributed by atoms with E-state index < -0.39 is 6.04 Å². The van der Waals surface area contributed by atoms with Crippen molar-refractivity contribution in [1.29, 1.82) is 0 Å². The lowest BCUT2D eigenvalue weighted by atomic mass is 10.2. The predicted octanol–water partition coefficient (Wildman–Crippen LogP) is -0.846. The largest absolute Gasteiger partial charge is 0.351 e. The molecule has 0 spiro atoms. The van der Waals surface area contributed by atoms with E-state index in [0.717, 1.165) is 19.5 Å². The Balaban J connectivity index is 2.28. The van der Waals surface area contributed by atoms with Crippen molar-refractivity contribution < 1.29 is 4.79 Å². The predicted molar refractivity (Wildman–Crippen MR) is 47.7 cm³/mol. The van der Waals surface area contributed by atoms with E-state index in [9.17, 15) is 4.79 Å². The maximum absolute atomic E-state index is 11.2. The van der Waals surface area contributed by atoms with Gasteiger partial charge < -0.3 is 16.0 Å². The highest BCUT2D eigenvalue weighted by Crippen LogP contribution is 2.05. The highest BCUT2D eigenvalue weighted by atomic mass is 16.2. The van der Waals surface area contributed by atoms with Gasteiger partial charge in [-0.3, -0.25) is 4.79 Å². The number of nitrogens with one attached hydrogen (secondary N) is 1. The Morgan fingerprint density at radius 2 is 2.42 bits per heavy atom. The average molecular weight is 171 g/mol. The Kier molecular flexibility index (Phi) is 3.05. The van der Waals surface area contributed by atoms with Crippen LogP contribution in [0.4, 0.5) is 0 Å². The normalized spacial score (nSPS) is 27.1. The van der Waals surface area contributed by atoms with Gasteiger partial charge in [-0.15, -0.1) is 0 Å². The Bertz CT molecular complexity index is 170. The zero-order valence-electron chi connectivity index (χ0n) is 7.71. The van der Waals surface area contributed by atoms with E-state index in [-0.39, 0.29) is 5.91 Å². The summed E-state index contributed by atoms with van der Waals surface area (Å²) in [6, 6.07) is -0.0931. The van der Waals surface area contributed by atoms with Crippen molar-refractivity contribution in [1.82, 2.24) is 10.2 Å².